The Morgan fingerprint density at radius 1 is 1.22 bits per heavy atom. The Kier molecular flexibility index (Phi) is 6.81. The number of unbranched alkanes of at least 4 members (excludes halogenated alkanes) is 1. The zero-order valence-electron chi connectivity index (χ0n) is 18.2. The van der Waals surface area contributed by atoms with E-state index < -0.39 is 0 Å². The summed E-state index contributed by atoms with van der Waals surface area (Å²) < 4.78 is 1.86. The maximum atomic E-state index is 12.7. The number of hydrogen-bond acceptors (Lipinski definition) is 4. The van der Waals surface area contributed by atoms with Crippen molar-refractivity contribution < 1.29 is 4.79 Å². The van der Waals surface area contributed by atoms with Crippen LogP contribution in [0.1, 0.15) is 43.5 Å². The summed E-state index contributed by atoms with van der Waals surface area (Å²) in [5, 5.41) is 8.80. The summed E-state index contributed by atoms with van der Waals surface area (Å²) in [7, 11) is 0. The molecule has 0 saturated heterocycles. The molecule has 4 rings (SSSR count). The van der Waals surface area contributed by atoms with Crippen LogP contribution < -0.4 is 5.32 Å². The summed E-state index contributed by atoms with van der Waals surface area (Å²) >= 11 is 6.60. The van der Waals surface area contributed by atoms with Crippen molar-refractivity contribution in [2.75, 3.05) is 5.32 Å². The number of nitrogens with one attached hydrogen (secondary N) is 1. The van der Waals surface area contributed by atoms with Crippen molar-refractivity contribution in [3.05, 3.63) is 71.5 Å². The number of anilines is 1. The third kappa shape index (κ3) is 4.97. The van der Waals surface area contributed by atoms with E-state index in [4.69, 9.17) is 16.6 Å². The second-order valence-corrected chi connectivity index (χ2v) is 8.54. The molecule has 1 aromatic carbocycles. The van der Waals surface area contributed by atoms with Crippen LogP contribution in [0.5, 0.6) is 0 Å². The third-order valence-electron chi connectivity index (χ3n) is 5.22. The molecule has 32 heavy (non-hydrogen) atoms. The van der Waals surface area contributed by atoms with E-state index >= 15 is 0 Å². The lowest BCUT2D eigenvalue weighted by Crippen LogP contribution is -2.13. The molecule has 1 amide bonds. The van der Waals surface area contributed by atoms with Gasteiger partial charge in [-0.05, 0) is 36.6 Å². The lowest BCUT2D eigenvalue weighted by Gasteiger charge is -2.07. The molecule has 0 atom stereocenters. The van der Waals surface area contributed by atoms with Crippen molar-refractivity contribution in [1.29, 1.82) is 0 Å². The molecule has 0 aliphatic heterocycles. The van der Waals surface area contributed by atoms with Crippen molar-refractivity contribution in [3.63, 3.8) is 0 Å². The van der Waals surface area contributed by atoms with Gasteiger partial charge in [0, 0.05) is 24.5 Å². The Morgan fingerprint density at radius 3 is 2.75 bits per heavy atom. The molecular weight excluding hydrogens is 422 g/mol. The van der Waals surface area contributed by atoms with Gasteiger partial charge in [0.1, 0.15) is 0 Å². The Bertz CT molecular complexity index is 1210. The van der Waals surface area contributed by atoms with Crippen LogP contribution in [0.4, 0.5) is 5.82 Å². The van der Waals surface area contributed by atoms with Gasteiger partial charge in [-0.3, -0.25) is 9.78 Å². The van der Waals surface area contributed by atoms with Crippen LogP contribution in [0.25, 0.3) is 22.3 Å². The van der Waals surface area contributed by atoms with E-state index in [1.165, 1.54) is 6.20 Å². The molecule has 3 aromatic heterocycles. The number of carbonyl (C=O) groups is 1. The SMILES string of the molecule is CC(C)CCCCn1nc(NC(=O)c2cccnc2)c2cc(Cl)c(-c3cc[c]cc3)nc21. The molecule has 7 heteroatoms. The van der Waals surface area contributed by atoms with Crippen molar-refractivity contribution >= 4 is 34.4 Å². The molecule has 4 aromatic rings. The highest BCUT2D eigenvalue weighted by Gasteiger charge is 2.18. The van der Waals surface area contributed by atoms with Gasteiger partial charge < -0.3 is 5.32 Å². The lowest BCUT2D eigenvalue weighted by atomic mass is 10.1. The van der Waals surface area contributed by atoms with E-state index in [0.29, 0.717) is 45.6 Å². The van der Waals surface area contributed by atoms with E-state index in [1.54, 1.807) is 18.3 Å². The Hall–Kier alpha value is -3.25. The maximum absolute atomic E-state index is 12.7. The van der Waals surface area contributed by atoms with Gasteiger partial charge in [-0.15, -0.1) is 0 Å². The van der Waals surface area contributed by atoms with Crippen molar-refractivity contribution in [1.82, 2.24) is 19.7 Å². The molecule has 3 heterocycles. The molecule has 0 spiro atoms. The van der Waals surface area contributed by atoms with Gasteiger partial charge in [-0.1, -0.05) is 62.6 Å². The summed E-state index contributed by atoms with van der Waals surface area (Å²) in [4.78, 5) is 21.6. The first-order valence-electron chi connectivity index (χ1n) is 10.8. The Morgan fingerprint density at radius 2 is 2.03 bits per heavy atom. The molecular formula is C25H25ClN5O. The first-order valence-corrected chi connectivity index (χ1v) is 11.2. The van der Waals surface area contributed by atoms with Gasteiger partial charge in [-0.25, -0.2) is 9.67 Å². The average molecular weight is 447 g/mol. The van der Waals surface area contributed by atoms with Gasteiger partial charge in [0.05, 0.1) is 21.7 Å². The first-order chi connectivity index (χ1) is 15.5. The number of aryl methyl sites for hydroxylation is 1. The van der Waals surface area contributed by atoms with Crippen LogP contribution in [0.2, 0.25) is 5.02 Å². The molecule has 1 N–H and O–H groups in total. The Balaban J connectivity index is 1.71. The largest absolute Gasteiger partial charge is 0.304 e. The topological polar surface area (TPSA) is 72.7 Å². The molecule has 0 saturated carbocycles. The number of carbonyl (C=O) groups excluding carboxylic acids is 1. The summed E-state index contributed by atoms with van der Waals surface area (Å²) in [5.41, 5.74) is 2.75. The molecule has 163 valence electrons. The van der Waals surface area contributed by atoms with Crippen LogP contribution in [0.15, 0.2) is 54.9 Å². The number of rotatable bonds is 8. The van der Waals surface area contributed by atoms with Crippen LogP contribution in [-0.4, -0.2) is 25.7 Å². The Labute approximate surface area is 192 Å². The van der Waals surface area contributed by atoms with Crippen molar-refractivity contribution in [3.8, 4) is 11.3 Å². The van der Waals surface area contributed by atoms with Crippen molar-refractivity contribution in [2.45, 2.75) is 39.7 Å². The summed E-state index contributed by atoms with van der Waals surface area (Å²) in [6.45, 7) is 5.16. The first kappa shape index (κ1) is 22.0. The predicted octanol–water partition coefficient (Wildman–Crippen LogP) is 6.03. The predicted molar refractivity (Wildman–Crippen MR) is 128 cm³/mol. The van der Waals surface area contributed by atoms with Crippen LogP contribution >= 0.6 is 11.6 Å². The van der Waals surface area contributed by atoms with Crippen LogP contribution in [0.3, 0.4) is 0 Å². The normalized spacial score (nSPS) is 11.2. The van der Waals surface area contributed by atoms with Crippen LogP contribution in [-0.2, 0) is 6.54 Å². The summed E-state index contributed by atoms with van der Waals surface area (Å²) in [6, 6.07) is 15.8. The smallest absolute Gasteiger partial charge is 0.258 e. The lowest BCUT2D eigenvalue weighted by molar-refractivity contribution is 0.102. The molecule has 0 bridgehead atoms. The minimum atomic E-state index is -0.275. The standard InChI is InChI=1S/C25H25ClN5O/c1-17(2)9-6-7-14-31-24-20(15-21(26)22(28-24)18-10-4-3-5-11-18)23(30-31)29-25(32)19-12-8-13-27-16-19/h4-5,8,10-13,15-17H,6-7,9,14H2,1-2H3,(H,29,30,32). The zero-order chi connectivity index (χ0) is 22.5. The quantitative estimate of drug-likeness (QED) is 0.335. The highest BCUT2D eigenvalue weighted by Crippen LogP contribution is 2.32. The highest BCUT2D eigenvalue weighted by molar-refractivity contribution is 6.34. The number of pyridine rings is 2. The molecule has 6 nitrogen and oxygen atoms in total. The van der Waals surface area contributed by atoms with Gasteiger partial charge >= 0.3 is 0 Å². The zero-order valence-corrected chi connectivity index (χ0v) is 18.9. The van der Waals surface area contributed by atoms with Crippen molar-refractivity contribution in [2.24, 2.45) is 5.92 Å². The minimum Gasteiger partial charge on any atom is -0.304 e. The van der Waals surface area contributed by atoms with E-state index in [1.807, 2.05) is 35.0 Å². The highest BCUT2D eigenvalue weighted by atomic mass is 35.5. The fraction of sp³-hybridized carbons (Fsp3) is 0.280. The number of fused-ring (bicyclic) bond motifs is 1. The molecule has 0 unspecified atom stereocenters. The van der Waals surface area contributed by atoms with Gasteiger partial charge in [-0.2, -0.15) is 5.10 Å². The van der Waals surface area contributed by atoms with E-state index in [0.717, 1.165) is 24.8 Å². The molecule has 0 aliphatic rings. The second kappa shape index (κ2) is 9.92. The molecule has 0 aliphatic carbocycles. The van der Waals surface area contributed by atoms with Gasteiger partial charge in [0.25, 0.3) is 5.91 Å². The second-order valence-electron chi connectivity index (χ2n) is 8.14. The number of nitrogens with zero attached hydrogens (tertiary/aromatic N) is 4. The minimum absolute atomic E-state index is 0.275. The average Bonchev–Trinajstić information content (AvgIpc) is 3.13. The number of aromatic nitrogens is 4. The number of benzene rings is 1. The summed E-state index contributed by atoms with van der Waals surface area (Å²) in [6.07, 6.45) is 6.39. The summed E-state index contributed by atoms with van der Waals surface area (Å²) in [5.74, 6) is 0.834. The fourth-order valence-corrected chi connectivity index (χ4v) is 3.82. The van der Waals surface area contributed by atoms with E-state index in [2.05, 4.69) is 35.3 Å². The molecule has 0 fully saturated rings. The number of hydrogen-bond donors (Lipinski definition) is 1. The fourth-order valence-electron chi connectivity index (χ4n) is 3.56. The maximum Gasteiger partial charge on any atom is 0.258 e. The number of amides is 1. The van der Waals surface area contributed by atoms with Gasteiger partial charge in [0.15, 0.2) is 11.5 Å². The third-order valence-corrected chi connectivity index (χ3v) is 5.51. The van der Waals surface area contributed by atoms with E-state index in [-0.39, 0.29) is 5.91 Å². The van der Waals surface area contributed by atoms with Gasteiger partial charge in [0.2, 0.25) is 0 Å². The molecule has 1 radical (unpaired) electrons. The van der Waals surface area contributed by atoms with E-state index in [9.17, 15) is 4.79 Å². The van der Waals surface area contributed by atoms with Crippen LogP contribution in [0, 0.1) is 12.0 Å². The number of halogens is 1. The monoisotopic (exact) mass is 446 g/mol.